The molecule has 0 N–H and O–H groups in total. The summed E-state index contributed by atoms with van der Waals surface area (Å²) in [5, 5.41) is 0. The summed E-state index contributed by atoms with van der Waals surface area (Å²) in [5.74, 6) is 0. The second-order valence-electron chi connectivity index (χ2n) is 7.29. The Bertz CT molecular complexity index is 218. The first-order chi connectivity index (χ1) is 8.77. The van der Waals surface area contributed by atoms with E-state index in [0.29, 0.717) is 11.6 Å². The van der Waals surface area contributed by atoms with Crippen LogP contribution in [0.5, 0.6) is 0 Å². The summed E-state index contributed by atoms with van der Waals surface area (Å²) in [6.07, 6.45) is 9.65. The first kappa shape index (κ1) is 19.4. The van der Waals surface area contributed by atoms with Gasteiger partial charge in [-0.15, -0.1) is 0 Å². The van der Waals surface area contributed by atoms with Crippen LogP contribution in [0.2, 0.25) is 0 Å². The molecule has 0 aromatic rings. The lowest BCUT2D eigenvalue weighted by atomic mass is 9.65. The van der Waals surface area contributed by atoms with Crippen molar-refractivity contribution in [1.82, 2.24) is 0 Å². The average molecular weight is 335 g/mol. The highest BCUT2D eigenvalue weighted by Crippen LogP contribution is 2.43. The minimum atomic E-state index is 0.199. The monoisotopic (exact) mass is 334 g/mol. The van der Waals surface area contributed by atoms with Crippen LogP contribution >= 0.6 is 15.9 Å². The third-order valence-electron chi connectivity index (χ3n) is 4.82. The van der Waals surface area contributed by atoms with Crippen molar-refractivity contribution in [2.75, 3.05) is 5.52 Å². The molecule has 0 aromatic heterocycles. The molecule has 0 aliphatic carbocycles. The van der Waals surface area contributed by atoms with Gasteiger partial charge in [0.25, 0.3) is 0 Å². The van der Waals surface area contributed by atoms with E-state index in [-0.39, 0.29) is 10.8 Å². The Balaban J connectivity index is 4.19. The summed E-state index contributed by atoms with van der Waals surface area (Å²) in [5.41, 5.74) is 1.11. The van der Waals surface area contributed by atoms with Gasteiger partial charge in [-0.25, -0.2) is 0 Å². The van der Waals surface area contributed by atoms with Crippen molar-refractivity contribution >= 4 is 15.9 Å². The van der Waals surface area contributed by atoms with Crippen molar-refractivity contribution in [3.8, 4) is 0 Å². The van der Waals surface area contributed by atoms with E-state index in [1.165, 1.54) is 44.9 Å². The molecule has 0 bridgehead atoms. The van der Waals surface area contributed by atoms with E-state index in [0.717, 1.165) is 0 Å². The lowest BCUT2D eigenvalue weighted by molar-refractivity contribution is -0.0633. The molecule has 0 rings (SSSR count). The van der Waals surface area contributed by atoms with Crippen LogP contribution in [0.3, 0.4) is 0 Å². The topological polar surface area (TPSA) is 9.23 Å². The maximum Gasteiger partial charge on any atom is 0.102 e. The minimum Gasteiger partial charge on any atom is -0.366 e. The number of ether oxygens (including phenoxy) is 1. The predicted molar refractivity (Wildman–Crippen MR) is 89.9 cm³/mol. The van der Waals surface area contributed by atoms with Gasteiger partial charge in [0.05, 0.1) is 6.10 Å². The minimum absolute atomic E-state index is 0.199. The van der Waals surface area contributed by atoms with Crippen LogP contribution in [0.4, 0.5) is 0 Å². The maximum absolute atomic E-state index is 5.98. The lowest BCUT2D eigenvalue weighted by Crippen LogP contribution is -2.42. The molecular formula is C17H35BrO. The Morgan fingerprint density at radius 3 is 1.89 bits per heavy atom. The third-order valence-corrected chi connectivity index (χ3v) is 5.09. The van der Waals surface area contributed by atoms with Crippen LogP contribution in [-0.2, 0) is 4.74 Å². The normalized spacial score (nSPS) is 14.7. The molecule has 0 spiro atoms. The van der Waals surface area contributed by atoms with E-state index in [1.54, 1.807) is 0 Å². The van der Waals surface area contributed by atoms with Gasteiger partial charge in [0, 0.05) is 0 Å². The Kier molecular flexibility index (Phi) is 9.61. The third kappa shape index (κ3) is 7.13. The van der Waals surface area contributed by atoms with Crippen LogP contribution in [-0.4, -0.2) is 11.6 Å². The van der Waals surface area contributed by atoms with Gasteiger partial charge in [-0.1, -0.05) is 96.0 Å². The summed E-state index contributed by atoms with van der Waals surface area (Å²) in [6.45, 7) is 13.9. The highest BCUT2D eigenvalue weighted by molar-refractivity contribution is 9.09. The van der Waals surface area contributed by atoms with Gasteiger partial charge >= 0.3 is 0 Å². The number of unbranched alkanes of at least 4 members (excludes halogenated alkanes) is 5. The zero-order chi connectivity index (χ0) is 14.9. The van der Waals surface area contributed by atoms with Crippen molar-refractivity contribution in [2.45, 2.75) is 92.6 Å². The first-order valence-corrected chi connectivity index (χ1v) is 9.07. The molecule has 1 unspecified atom stereocenters. The number of hydrogen-bond donors (Lipinski definition) is 0. The lowest BCUT2D eigenvalue weighted by Gasteiger charge is -2.44. The highest BCUT2D eigenvalue weighted by Gasteiger charge is 2.40. The maximum atomic E-state index is 5.98. The standard InChI is InChI=1S/C17H35BrO/c1-7-8-9-10-11-12-13-15(19-14-18)17(5,6)16(2,3)4/h15H,7-14H2,1-6H3. The molecular weight excluding hydrogens is 300 g/mol. The van der Waals surface area contributed by atoms with Crippen molar-refractivity contribution in [3.05, 3.63) is 0 Å². The van der Waals surface area contributed by atoms with Crippen LogP contribution < -0.4 is 0 Å². The molecule has 2 heteroatoms. The molecule has 116 valence electrons. The molecule has 0 saturated carbocycles. The molecule has 0 aromatic carbocycles. The molecule has 0 heterocycles. The molecule has 0 amide bonds. The zero-order valence-electron chi connectivity index (χ0n) is 14.0. The van der Waals surface area contributed by atoms with Gasteiger partial charge in [0.2, 0.25) is 0 Å². The van der Waals surface area contributed by atoms with E-state index >= 15 is 0 Å². The SMILES string of the molecule is CCCCCCCCC(OCBr)C(C)(C)C(C)(C)C. The Morgan fingerprint density at radius 2 is 1.42 bits per heavy atom. The highest BCUT2D eigenvalue weighted by atomic mass is 79.9. The molecule has 0 aliphatic rings. The van der Waals surface area contributed by atoms with E-state index in [1.807, 2.05) is 0 Å². The molecule has 0 fully saturated rings. The van der Waals surface area contributed by atoms with Crippen LogP contribution in [0, 0.1) is 10.8 Å². The number of rotatable bonds is 10. The zero-order valence-corrected chi connectivity index (χ0v) is 15.6. The molecule has 19 heavy (non-hydrogen) atoms. The summed E-state index contributed by atoms with van der Waals surface area (Å²) in [7, 11) is 0. The van der Waals surface area contributed by atoms with Crippen molar-refractivity contribution in [3.63, 3.8) is 0 Å². The van der Waals surface area contributed by atoms with E-state index < -0.39 is 0 Å². The summed E-state index contributed by atoms with van der Waals surface area (Å²) >= 11 is 3.43. The van der Waals surface area contributed by atoms with Crippen molar-refractivity contribution in [2.24, 2.45) is 10.8 Å². The predicted octanol–water partition coefficient (Wildman–Crippen LogP) is 6.55. The quantitative estimate of drug-likeness (QED) is 0.325. The second-order valence-corrected chi connectivity index (χ2v) is 7.75. The van der Waals surface area contributed by atoms with Gasteiger partial charge in [-0.3, -0.25) is 0 Å². The molecule has 0 radical (unpaired) electrons. The number of halogens is 1. The number of alkyl halides is 1. The van der Waals surface area contributed by atoms with Crippen LogP contribution in [0.25, 0.3) is 0 Å². The van der Waals surface area contributed by atoms with Gasteiger partial charge in [-0.05, 0) is 17.3 Å². The Morgan fingerprint density at radius 1 is 0.895 bits per heavy atom. The average Bonchev–Trinajstić information content (AvgIpc) is 2.30. The fourth-order valence-corrected chi connectivity index (χ4v) is 2.64. The molecule has 1 nitrogen and oxygen atoms in total. The van der Waals surface area contributed by atoms with E-state index in [9.17, 15) is 0 Å². The van der Waals surface area contributed by atoms with Crippen molar-refractivity contribution in [1.29, 1.82) is 0 Å². The largest absolute Gasteiger partial charge is 0.366 e. The first-order valence-electron chi connectivity index (χ1n) is 7.95. The fraction of sp³-hybridized carbons (Fsp3) is 1.00. The van der Waals surface area contributed by atoms with Crippen molar-refractivity contribution < 1.29 is 4.74 Å². The van der Waals surface area contributed by atoms with E-state index in [2.05, 4.69) is 57.5 Å². The Labute approximate surface area is 130 Å². The summed E-state index contributed by atoms with van der Waals surface area (Å²) in [6, 6.07) is 0. The Hall–Kier alpha value is 0.440. The smallest absolute Gasteiger partial charge is 0.102 e. The van der Waals surface area contributed by atoms with Gasteiger partial charge in [0.15, 0.2) is 0 Å². The summed E-state index contributed by atoms with van der Waals surface area (Å²) in [4.78, 5) is 0. The van der Waals surface area contributed by atoms with Gasteiger partial charge < -0.3 is 4.74 Å². The number of hydrogen-bond acceptors (Lipinski definition) is 1. The molecule has 0 saturated heterocycles. The van der Waals surface area contributed by atoms with Crippen LogP contribution in [0.1, 0.15) is 86.5 Å². The second kappa shape index (κ2) is 9.39. The summed E-state index contributed by atoms with van der Waals surface area (Å²) < 4.78 is 5.98. The molecule has 0 aliphatic heterocycles. The van der Waals surface area contributed by atoms with E-state index in [4.69, 9.17) is 4.74 Å². The van der Waals surface area contributed by atoms with Crippen LogP contribution in [0.15, 0.2) is 0 Å². The molecule has 1 atom stereocenters. The fourth-order valence-electron chi connectivity index (χ4n) is 2.32. The van der Waals surface area contributed by atoms with Gasteiger partial charge in [0.1, 0.15) is 5.52 Å². The van der Waals surface area contributed by atoms with Gasteiger partial charge in [-0.2, -0.15) is 0 Å².